The molecule has 0 aromatic carbocycles. The number of aliphatic imine (C=N–C) groups is 1. The summed E-state index contributed by atoms with van der Waals surface area (Å²) in [5.41, 5.74) is 4.67. The molecule has 0 heterocycles. The first-order chi connectivity index (χ1) is 7.02. The van der Waals surface area contributed by atoms with Crippen LogP contribution in [0.1, 0.15) is 0 Å². The first-order valence-corrected chi connectivity index (χ1v) is 4.07. The van der Waals surface area contributed by atoms with Gasteiger partial charge in [0.25, 0.3) is 5.24 Å². The molecule has 15 heavy (non-hydrogen) atoms. The maximum absolute atomic E-state index is 10.9. The number of methoxy groups -OCH3 is 1. The first kappa shape index (κ1) is 13.1. The lowest BCUT2D eigenvalue weighted by Crippen LogP contribution is -2.16. The Kier molecular flexibility index (Phi) is 5.75. The summed E-state index contributed by atoms with van der Waals surface area (Å²) in [6, 6.07) is 1.68. The highest BCUT2D eigenvalue weighted by Gasteiger charge is 2.10. The van der Waals surface area contributed by atoms with E-state index in [2.05, 4.69) is 9.73 Å². The number of halogens is 1. The van der Waals surface area contributed by atoms with Crippen molar-refractivity contribution in [2.45, 2.75) is 0 Å². The highest BCUT2D eigenvalue weighted by atomic mass is 35.5. The molecule has 0 amide bonds. The van der Waals surface area contributed by atoms with Crippen LogP contribution in [0, 0.1) is 11.3 Å². The average Bonchev–Trinajstić information content (AvgIpc) is 2.22. The van der Waals surface area contributed by atoms with Crippen LogP contribution in [0.3, 0.4) is 0 Å². The number of hydrogen-bond acceptors (Lipinski definition) is 6. The molecule has 0 atom stereocenters. The number of ether oxygens (including phenoxy) is 1. The van der Waals surface area contributed by atoms with E-state index in [0.29, 0.717) is 0 Å². The smallest absolute Gasteiger partial charge is 0.353 e. The van der Waals surface area contributed by atoms with Gasteiger partial charge in [0.2, 0.25) is 0 Å². The molecule has 2 N–H and O–H groups in total. The molecule has 0 aliphatic carbocycles. The molecule has 0 aliphatic rings. The van der Waals surface area contributed by atoms with Crippen LogP contribution in [-0.4, -0.2) is 30.6 Å². The fourth-order valence-electron chi connectivity index (χ4n) is 0.609. The highest BCUT2D eigenvalue weighted by molar-refractivity contribution is 6.83. The van der Waals surface area contributed by atoms with Crippen molar-refractivity contribution in [3.05, 3.63) is 11.8 Å². The van der Waals surface area contributed by atoms with E-state index in [1.165, 1.54) is 0 Å². The molecule has 7 heteroatoms. The Morgan fingerprint density at radius 1 is 1.67 bits per heavy atom. The quantitative estimate of drug-likeness (QED) is 0.235. The van der Waals surface area contributed by atoms with Gasteiger partial charge >= 0.3 is 5.97 Å². The molecular formula is C8H8ClN3O3. The molecule has 80 valence electrons. The molecular weight excluding hydrogens is 222 g/mol. The summed E-state index contributed by atoms with van der Waals surface area (Å²) in [7, 11) is 1.14. The standard InChI is InChI=1S/C8H8ClN3O3/c1-15-8(14)5(11)4-6(7(9)13)12-3-2-10/h4H,3,11H2,1H3. The van der Waals surface area contributed by atoms with Crippen LogP contribution in [0.2, 0.25) is 0 Å². The summed E-state index contributed by atoms with van der Waals surface area (Å²) >= 11 is 5.14. The van der Waals surface area contributed by atoms with Crippen molar-refractivity contribution in [3.8, 4) is 6.07 Å². The molecule has 0 bridgehead atoms. The van der Waals surface area contributed by atoms with E-state index >= 15 is 0 Å². The van der Waals surface area contributed by atoms with Gasteiger partial charge in [-0.1, -0.05) is 0 Å². The Hall–Kier alpha value is -1.87. The van der Waals surface area contributed by atoms with Crippen molar-refractivity contribution in [1.82, 2.24) is 0 Å². The van der Waals surface area contributed by atoms with Crippen molar-refractivity contribution in [1.29, 1.82) is 5.26 Å². The number of carbonyl (C=O) groups is 2. The second-order valence-corrected chi connectivity index (χ2v) is 2.57. The zero-order chi connectivity index (χ0) is 11.8. The van der Waals surface area contributed by atoms with Crippen LogP contribution in [0.4, 0.5) is 0 Å². The van der Waals surface area contributed by atoms with E-state index in [9.17, 15) is 9.59 Å². The summed E-state index contributed by atoms with van der Waals surface area (Å²) in [4.78, 5) is 25.1. The molecule has 0 aliphatic heterocycles. The fraction of sp³-hybridized carbons (Fsp3) is 0.250. The molecule has 0 saturated heterocycles. The second kappa shape index (κ2) is 6.56. The van der Waals surface area contributed by atoms with Crippen molar-refractivity contribution in [2.75, 3.05) is 13.7 Å². The van der Waals surface area contributed by atoms with E-state index in [1.54, 1.807) is 6.07 Å². The third kappa shape index (κ3) is 4.78. The first-order valence-electron chi connectivity index (χ1n) is 3.69. The van der Waals surface area contributed by atoms with E-state index < -0.39 is 11.2 Å². The van der Waals surface area contributed by atoms with Gasteiger partial charge in [-0.2, -0.15) is 5.26 Å². The molecule has 0 spiro atoms. The van der Waals surface area contributed by atoms with E-state index in [0.717, 1.165) is 13.2 Å². The van der Waals surface area contributed by atoms with Crippen molar-refractivity contribution >= 4 is 28.5 Å². The number of allylic oxidation sites excluding steroid dienone is 1. The zero-order valence-corrected chi connectivity index (χ0v) is 8.61. The van der Waals surface area contributed by atoms with Crippen LogP contribution in [-0.2, 0) is 14.3 Å². The van der Waals surface area contributed by atoms with Gasteiger partial charge in [0.05, 0.1) is 13.2 Å². The third-order valence-corrected chi connectivity index (χ3v) is 1.43. The molecule has 0 fully saturated rings. The largest absolute Gasteiger partial charge is 0.464 e. The fourth-order valence-corrected chi connectivity index (χ4v) is 0.723. The second-order valence-electron chi connectivity index (χ2n) is 2.22. The lowest BCUT2D eigenvalue weighted by atomic mass is 10.3. The predicted octanol–water partition coefficient (Wildman–Crippen LogP) is -0.268. The van der Waals surface area contributed by atoms with Crippen molar-refractivity contribution < 1.29 is 14.3 Å². The topological polar surface area (TPSA) is 106 Å². The number of nitrogens with zero attached hydrogens (tertiary/aromatic N) is 2. The Morgan fingerprint density at radius 2 is 2.27 bits per heavy atom. The van der Waals surface area contributed by atoms with Crippen molar-refractivity contribution in [3.63, 3.8) is 0 Å². The summed E-state index contributed by atoms with van der Waals surface area (Å²) in [6.07, 6.45) is 0.957. The number of nitrogens with two attached hydrogens (primary N) is 1. The van der Waals surface area contributed by atoms with E-state index in [-0.39, 0.29) is 18.0 Å². The van der Waals surface area contributed by atoms with Gasteiger partial charge in [0, 0.05) is 0 Å². The minimum absolute atomic E-state index is 0.251. The Labute approximate surface area is 91.0 Å². The summed E-state index contributed by atoms with van der Waals surface area (Å²) in [6.45, 7) is -0.251. The van der Waals surface area contributed by atoms with Gasteiger partial charge in [-0.3, -0.25) is 9.79 Å². The van der Waals surface area contributed by atoms with Crippen molar-refractivity contribution in [2.24, 2.45) is 10.7 Å². The van der Waals surface area contributed by atoms with Crippen LogP contribution in [0.15, 0.2) is 16.8 Å². The van der Waals surface area contributed by atoms with Crippen LogP contribution < -0.4 is 5.73 Å². The number of nitriles is 1. The van der Waals surface area contributed by atoms with Gasteiger partial charge in [-0.05, 0) is 17.7 Å². The maximum atomic E-state index is 10.9. The molecule has 0 saturated carbocycles. The normalized spacial score (nSPS) is 11.8. The van der Waals surface area contributed by atoms with E-state index in [1.807, 2.05) is 0 Å². The van der Waals surface area contributed by atoms with Crippen LogP contribution >= 0.6 is 11.6 Å². The summed E-state index contributed by atoms with van der Waals surface area (Å²) in [5, 5.41) is 7.33. The number of carbonyl (C=O) groups excluding carboxylic acids is 2. The van der Waals surface area contributed by atoms with Gasteiger partial charge in [0.15, 0.2) is 0 Å². The lowest BCUT2D eigenvalue weighted by molar-refractivity contribution is -0.136. The minimum atomic E-state index is -0.905. The number of hydrogen-bond donors (Lipinski definition) is 1. The highest BCUT2D eigenvalue weighted by Crippen LogP contribution is 1.95. The maximum Gasteiger partial charge on any atom is 0.353 e. The monoisotopic (exact) mass is 229 g/mol. The van der Waals surface area contributed by atoms with Gasteiger partial charge in [-0.15, -0.1) is 0 Å². The molecule has 6 nitrogen and oxygen atoms in total. The Balaban J connectivity index is 4.91. The number of rotatable bonds is 4. The van der Waals surface area contributed by atoms with Gasteiger partial charge in [0.1, 0.15) is 18.0 Å². The van der Waals surface area contributed by atoms with Crippen LogP contribution in [0.25, 0.3) is 0 Å². The van der Waals surface area contributed by atoms with E-state index in [4.69, 9.17) is 22.6 Å². The number of esters is 1. The summed E-state index contributed by atoms with van der Waals surface area (Å²) in [5.74, 6) is -0.808. The lowest BCUT2D eigenvalue weighted by Gasteiger charge is -1.98. The molecule has 0 unspecified atom stereocenters. The zero-order valence-electron chi connectivity index (χ0n) is 7.86. The molecule has 0 aromatic heterocycles. The van der Waals surface area contributed by atoms with Gasteiger partial charge in [-0.25, -0.2) is 4.79 Å². The SMILES string of the molecule is COC(=O)C(N)=CC(=NCC#N)C(=O)Cl. The minimum Gasteiger partial charge on any atom is -0.464 e. The molecule has 0 radical (unpaired) electrons. The van der Waals surface area contributed by atoms with Crippen LogP contribution in [0.5, 0.6) is 0 Å². The Bertz CT molecular complexity index is 368. The predicted molar refractivity (Wildman–Crippen MR) is 53.1 cm³/mol. The van der Waals surface area contributed by atoms with Gasteiger partial charge < -0.3 is 10.5 Å². The third-order valence-electron chi connectivity index (χ3n) is 1.23. The summed E-state index contributed by atoms with van der Waals surface area (Å²) < 4.78 is 4.29. The molecule has 0 rings (SSSR count). The average molecular weight is 230 g/mol. The Morgan fingerprint density at radius 3 is 2.67 bits per heavy atom. The molecule has 0 aromatic rings.